The maximum atomic E-state index is 5.83. The van der Waals surface area contributed by atoms with E-state index in [0.717, 1.165) is 11.6 Å². The van der Waals surface area contributed by atoms with Crippen LogP contribution in [0.2, 0.25) is 5.15 Å². The van der Waals surface area contributed by atoms with E-state index in [9.17, 15) is 0 Å². The summed E-state index contributed by atoms with van der Waals surface area (Å²) in [5, 5.41) is 5.54. The lowest BCUT2D eigenvalue weighted by Crippen LogP contribution is -2.30. The van der Waals surface area contributed by atoms with E-state index in [2.05, 4.69) is 41.4 Å². The standard InChI is InChI=1S/C11H13ClN2S2/c1-8(6-9-4-3-5-15-9)14(2)11-13-10(12)7-16-11/h3-5,7-8H,6H2,1-2H3. The molecule has 2 rings (SSSR count). The summed E-state index contributed by atoms with van der Waals surface area (Å²) in [6.07, 6.45) is 1.05. The van der Waals surface area contributed by atoms with E-state index >= 15 is 0 Å². The minimum Gasteiger partial charge on any atom is -0.348 e. The molecule has 0 aliphatic carbocycles. The largest absolute Gasteiger partial charge is 0.348 e. The summed E-state index contributed by atoms with van der Waals surface area (Å²) in [6, 6.07) is 4.69. The molecule has 0 saturated heterocycles. The number of aromatic nitrogens is 1. The Morgan fingerprint density at radius 1 is 1.50 bits per heavy atom. The van der Waals surface area contributed by atoms with Crippen LogP contribution in [-0.2, 0) is 6.42 Å². The number of halogens is 1. The van der Waals surface area contributed by atoms with Gasteiger partial charge in [-0.2, -0.15) is 0 Å². The Morgan fingerprint density at radius 3 is 2.88 bits per heavy atom. The first kappa shape index (κ1) is 11.9. The van der Waals surface area contributed by atoms with Gasteiger partial charge >= 0.3 is 0 Å². The van der Waals surface area contributed by atoms with Crippen molar-refractivity contribution >= 4 is 39.4 Å². The number of likely N-dealkylation sites (N-methyl/N-ethyl adjacent to an activating group) is 1. The highest BCUT2D eigenvalue weighted by molar-refractivity contribution is 7.14. The van der Waals surface area contributed by atoms with Crippen molar-refractivity contribution in [1.82, 2.24) is 4.98 Å². The zero-order valence-electron chi connectivity index (χ0n) is 9.18. The third-order valence-corrected chi connectivity index (χ3v) is 4.66. The Bertz CT molecular complexity index is 439. The van der Waals surface area contributed by atoms with Gasteiger partial charge in [-0.15, -0.1) is 22.7 Å². The first-order chi connectivity index (χ1) is 7.66. The van der Waals surface area contributed by atoms with Crippen LogP contribution in [0.5, 0.6) is 0 Å². The Labute approximate surface area is 109 Å². The van der Waals surface area contributed by atoms with E-state index in [1.54, 1.807) is 22.7 Å². The SMILES string of the molecule is CC(Cc1cccs1)N(C)c1nc(Cl)cs1. The quantitative estimate of drug-likeness (QED) is 0.838. The predicted molar refractivity (Wildman–Crippen MR) is 73.0 cm³/mol. The molecule has 86 valence electrons. The van der Waals surface area contributed by atoms with Crippen molar-refractivity contribution in [3.05, 3.63) is 32.9 Å². The lowest BCUT2D eigenvalue weighted by Gasteiger charge is -2.23. The Hall–Kier alpha value is -0.580. The number of hydrogen-bond acceptors (Lipinski definition) is 4. The molecule has 0 spiro atoms. The fourth-order valence-electron chi connectivity index (χ4n) is 1.45. The van der Waals surface area contributed by atoms with E-state index in [1.807, 2.05) is 5.38 Å². The van der Waals surface area contributed by atoms with E-state index in [0.29, 0.717) is 11.2 Å². The number of hydrogen-bond donors (Lipinski definition) is 0. The monoisotopic (exact) mass is 272 g/mol. The zero-order valence-corrected chi connectivity index (χ0v) is 11.6. The fraction of sp³-hybridized carbons (Fsp3) is 0.364. The smallest absolute Gasteiger partial charge is 0.186 e. The molecular weight excluding hydrogens is 260 g/mol. The van der Waals surface area contributed by atoms with Crippen molar-refractivity contribution < 1.29 is 0 Å². The summed E-state index contributed by atoms with van der Waals surface area (Å²) >= 11 is 9.21. The Balaban J connectivity index is 2.02. The van der Waals surface area contributed by atoms with Gasteiger partial charge < -0.3 is 4.90 Å². The van der Waals surface area contributed by atoms with Crippen LogP contribution in [0.25, 0.3) is 0 Å². The Morgan fingerprint density at radius 2 is 2.31 bits per heavy atom. The number of thiophene rings is 1. The van der Waals surface area contributed by atoms with Crippen molar-refractivity contribution in [1.29, 1.82) is 0 Å². The van der Waals surface area contributed by atoms with Gasteiger partial charge in [-0.25, -0.2) is 4.98 Å². The molecule has 16 heavy (non-hydrogen) atoms. The van der Waals surface area contributed by atoms with E-state index in [4.69, 9.17) is 11.6 Å². The van der Waals surface area contributed by atoms with Crippen LogP contribution in [0, 0.1) is 0 Å². The molecule has 0 fully saturated rings. The van der Waals surface area contributed by atoms with Gasteiger partial charge in [-0.05, 0) is 18.4 Å². The topological polar surface area (TPSA) is 16.1 Å². The summed E-state index contributed by atoms with van der Waals surface area (Å²) in [7, 11) is 2.06. The van der Waals surface area contributed by atoms with E-state index < -0.39 is 0 Å². The second kappa shape index (κ2) is 5.17. The summed E-state index contributed by atoms with van der Waals surface area (Å²) < 4.78 is 0. The highest BCUT2D eigenvalue weighted by Crippen LogP contribution is 2.25. The molecule has 0 aliphatic rings. The molecular formula is C11H13ClN2S2. The molecule has 0 aliphatic heterocycles. The summed E-state index contributed by atoms with van der Waals surface area (Å²) in [4.78, 5) is 7.86. The van der Waals surface area contributed by atoms with Crippen LogP contribution in [0.1, 0.15) is 11.8 Å². The van der Waals surface area contributed by atoms with E-state index in [-0.39, 0.29) is 0 Å². The second-order valence-electron chi connectivity index (χ2n) is 3.70. The minimum atomic E-state index is 0.431. The maximum absolute atomic E-state index is 5.83. The van der Waals surface area contributed by atoms with Crippen molar-refractivity contribution in [2.24, 2.45) is 0 Å². The molecule has 0 aromatic carbocycles. The van der Waals surface area contributed by atoms with Gasteiger partial charge in [0.05, 0.1) is 0 Å². The first-order valence-corrected chi connectivity index (χ1v) is 7.17. The van der Waals surface area contributed by atoms with Crippen LogP contribution < -0.4 is 4.90 Å². The minimum absolute atomic E-state index is 0.431. The van der Waals surface area contributed by atoms with Gasteiger partial charge in [0, 0.05) is 29.8 Å². The predicted octanol–water partition coefficient (Wildman–Crippen LogP) is 3.93. The number of anilines is 1. The van der Waals surface area contributed by atoms with Crippen LogP contribution in [-0.4, -0.2) is 18.1 Å². The number of nitrogens with zero attached hydrogens (tertiary/aromatic N) is 2. The van der Waals surface area contributed by atoms with Crippen LogP contribution in [0.15, 0.2) is 22.9 Å². The van der Waals surface area contributed by atoms with Gasteiger partial charge in [0.2, 0.25) is 0 Å². The van der Waals surface area contributed by atoms with Crippen LogP contribution in [0.4, 0.5) is 5.13 Å². The molecule has 2 aromatic heterocycles. The highest BCUT2D eigenvalue weighted by atomic mass is 35.5. The summed E-state index contributed by atoms with van der Waals surface area (Å²) in [5.74, 6) is 0. The molecule has 2 nitrogen and oxygen atoms in total. The van der Waals surface area contributed by atoms with Gasteiger partial charge in [0.15, 0.2) is 5.13 Å². The molecule has 5 heteroatoms. The summed E-state index contributed by atoms with van der Waals surface area (Å²) in [6.45, 7) is 2.20. The molecule has 0 amide bonds. The van der Waals surface area contributed by atoms with Crippen molar-refractivity contribution in [2.75, 3.05) is 11.9 Å². The zero-order chi connectivity index (χ0) is 11.5. The van der Waals surface area contributed by atoms with Crippen LogP contribution in [0.3, 0.4) is 0 Å². The van der Waals surface area contributed by atoms with Gasteiger partial charge in [-0.1, -0.05) is 17.7 Å². The molecule has 1 atom stereocenters. The van der Waals surface area contributed by atoms with Gasteiger partial charge in [-0.3, -0.25) is 0 Å². The molecule has 1 unspecified atom stereocenters. The van der Waals surface area contributed by atoms with Gasteiger partial charge in [0.25, 0.3) is 0 Å². The average Bonchev–Trinajstić information content (AvgIpc) is 2.88. The molecule has 0 bridgehead atoms. The second-order valence-corrected chi connectivity index (χ2v) is 5.95. The summed E-state index contributed by atoms with van der Waals surface area (Å²) in [5.41, 5.74) is 0. The third kappa shape index (κ3) is 2.75. The number of thiazole rings is 1. The highest BCUT2D eigenvalue weighted by Gasteiger charge is 2.14. The molecule has 0 saturated carbocycles. The van der Waals surface area contributed by atoms with E-state index in [1.165, 1.54) is 4.88 Å². The van der Waals surface area contributed by atoms with Crippen molar-refractivity contribution in [3.8, 4) is 0 Å². The molecule has 2 aromatic rings. The lowest BCUT2D eigenvalue weighted by atomic mass is 10.2. The third-order valence-electron chi connectivity index (χ3n) is 2.50. The number of rotatable bonds is 4. The lowest BCUT2D eigenvalue weighted by molar-refractivity contribution is 0.686. The normalized spacial score (nSPS) is 12.7. The molecule has 2 heterocycles. The van der Waals surface area contributed by atoms with Crippen molar-refractivity contribution in [3.63, 3.8) is 0 Å². The first-order valence-electron chi connectivity index (χ1n) is 5.03. The van der Waals surface area contributed by atoms with Crippen LogP contribution >= 0.6 is 34.3 Å². The van der Waals surface area contributed by atoms with Gasteiger partial charge in [0.1, 0.15) is 5.15 Å². The Kier molecular flexibility index (Phi) is 3.84. The fourth-order valence-corrected chi connectivity index (χ4v) is 3.30. The van der Waals surface area contributed by atoms with Crippen molar-refractivity contribution in [2.45, 2.75) is 19.4 Å². The maximum Gasteiger partial charge on any atom is 0.186 e. The molecule has 0 N–H and O–H groups in total. The average molecular weight is 273 g/mol. The molecule has 0 radical (unpaired) electrons.